The van der Waals surface area contributed by atoms with E-state index >= 15 is 0 Å². The standard InChI is InChI=1S/C13H19NO2/c1-13(9-11(14)6-7-16-13)10-4-3-5-12(8-10)15-2/h3-5,8,11H,6-7,9,14H2,1-2H3. The summed E-state index contributed by atoms with van der Waals surface area (Å²) in [6, 6.07) is 8.25. The Hall–Kier alpha value is -1.06. The zero-order chi connectivity index (χ0) is 11.6. The first-order valence-electron chi connectivity index (χ1n) is 5.68. The molecule has 1 heterocycles. The van der Waals surface area contributed by atoms with Crippen molar-refractivity contribution in [2.45, 2.75) is 31.4 Å². The fourth-order valence-corrected chi connectivity index (χ4v) is 2.25. The number of hydrogen-bond donors (Lipinski definition) is 1. The van der Waals surface area contributed by atoms with Gasteiger partial charge < -0.3 is 15.2 Å². The van der Waals surface area contributed by atoms with Gasteiger partial charge in [0.2, 0.25) is 0 Å². The van der Waals surface area contributed by atoms with Crippen molar-refractivity contribution in [1.82, 2.24) is 0 Å². The van der Waals surface area contributed by atoms with E-state index in [9.17, 15) is 0 Å². The van der Waals surface area contributed by atoms with Gasteiger partial charge in [-0.2, -0.15) is 0 Å². The van der Waals surface area contributed by atoms with Crippen molar-refractivity contribution < 1.29 is 9.47 Å². The Kier molecular flexibility index (Phi) is 3.17. The molecule has 1 aromatic rings. The van der Waals surface area contributed by atoms with Crippen molar-refractivity contribution in [3.63, 3.8) is 0 Å². The molecule has 3 nitrogen and oxygen atoms in total. The Bertz CT molecular complexity index is 367. The van der Waals surface area contributed by atoms with Crippen molar-refractivity contribution in [3.05, 3.63) is 29.8 Å². The third-order valence-electron chi connectivity index (χ3n) is 3.24. The van der Waals surface area contributed by atoms with E-state index in [1.165, 1.54) is 0 Å². The number of methoxy groups -OCH3 is 1. The molecule has 0 saturated carbocycles. The van der Waals surface area contributed by atoms with Gasteiger partial charge in [-0.15, -0.1) is 0 Å². The van der Waals surface area contributed by atoms with Crippen LogP contribution in [0.15, 0.2) is 24.3 Å². The monoisotopic (exact) mass is 221 g/mol. The Morgan fingerprint density at radius 2 is 2.31 bits per heavy atom. The van der Waals surface area contributed by atoms with Crippen molar-refractivity contribution in [2.24, 2.45) is 5.73 Å². The number of ether oxygens (including phenoxy) is 2. The lowest BCUT2D eigenvalue weighted by atomic mass is 9.86. The summed E-state index contributed by atoms with van der Waals surface area (Å²) in [4.78, 5) is 0. The molecule has 2 unspecified atom stereocenters. The zero-order valence-electron chi connectivity index (χ0n) is 9.90. The molecule has 0 amide bonds. The third kappa shape index (κ3) is 2.20. The van der Waals surface area contributed by atoms with E-state index in [0.717, 1.165) is 30.8 Å². The minimum Gasteiger partial charge on any atom is -0.497 e. The summed E-state index contributed by atoms with van der Waals surface area (Å²) < 4.78 is 11.1. The van der Waals surface area contributed by atoms with Crippen LogP contribution in [0.5, 0.6) is 5.75 Å². The molecular weight excluding hydrogens is 202 g/mol. The van der Waals surface area contributed by atoms with Crippen LogP contribution in [0.1, 0.15) is 25.3 Å². The van der Waals surface area contributed by atoms with Crippen molar-refractivity contribution in [2.75, 3.05) is 13.7 Å². The topological polar surface area (TPSA) is 44.5 Å². The summed E-state index contributed by atoms with van der Waals surface area (Å²) in [6.45, 7) is 2.83. The summed E-state index contributed by atoms with van der Waals surface area (Å²) in [5.74, 6) is 0.862. The van der Waals surface area contributed by atoms with Crippen molar-refractivity contribution >= 4 is 0 Å². The number of hydrogen-bond acceptors (Lipinski definition) is 3. The number of nitrogens with two attached hydrogens (primary N) is 1. The van der Waals surface area contributed by atoms with Crippen LogP contribution >= 0.6 is 0 Å². The fourth-order valence-electron chi connectivity index (χ4n) is 2.25. The first-order valence-corrected chi connectivity index (χ1v) is 5.68. The van der Waals surface area contributed by atoms with Gasteiger partial charge in [-0.1, -0.05) is 12.1 Å². The number of benzene rings is 1. The van der Waals surface area contributed by atoms with E-state index in [1.54, 1.807) is 7.11 Å². The maximum absolute atomic E-state index is 6.01. The van der Waals surface area contributed by atoms with Crippen LogP contribution in [0.3, 0.4) is 0 Å². The molecule has 1 aromatic carbocycles. The van der Waals surface area contributed by atoms with Gasteiger partial charge in [-0.05, 0) is 37.5 Å². The molecule has 1 aliphatic heterocycles. The van der Waals surface area contributed by atoms with Gasteiger partial charge in [0.25, 0.3) is 0 Å². The molecule has 2 atom stereocenters. The van der Waals surface area contributed by atoms with Crippen LogP contribution in [-0.4, -0.2) is 19.8 Å². The van der Waals surface area contributed by atoms with Crippen LogP contribution in [-0.2, 0) is 10.3 Å². The van der Waals surface area contributed by atoms with Gasteiger partial charge in [-0.3, -0.25) is 0 Å². The highest BCUT2D eigenvalue weighted by Gasteiger charge is 2.33. The maximum atomic E-state index is 6.01. The molecule has 2 rings (SSSR count). The van der Waals surface area contributed by atoms with Crippen molar-refractivity contribution in [1.29, 1.82) is 0 Å². The lowest BCUT2D eigenvalue weighted by Crippen LogP contribution is -2.40. The average Bonchev–Trinajstić information content (AvgIpc) is 2.29. The molecule has 2 N–H and O–H groups in total. The first kappa shape index (κ1) is 11.4. The van der Waals surface area contributed by atoms with Crippen LogP contribution in [0.4, 0.5) is 0 Å². The summed E-state index contributed by atoms with van der Waals surface area (Å²) in [5, 5.41) is 0. The fraction of sp³-hybridized carbons (Fsp3) is 0.538. The normalized spacial score (nSPS) is 30.1. The highest BCUT2D eigenvalue weighted by atomic mass is 16.5. The van der Waals surface area contributed by atoms with Crippen LogP contribution in [0, 0.1) is 0 Å². The first-order chi connectivity index (χ1) is 7.64. The van der Waals surface area contributed by atoms with E-state index in [1.807, 2.05) is 18.2 Å². The third-order valence-corrected chi connectivity index (χ3v) is 3.24. The Labute approximate surface area is 96.5 Å². The van der Waals surface area contributed by atoms with E-state index in [-0.39, 0.29) is 11.6 Å². The minimum atomic E-state index is -0.272. The Morgan fingerprint density at radius 3 is 3.00 bits per heavy atom. The summed E-state index contributed by atoms with van der Waals surface area (Å²) in [6.07, 6.45) is 1.81. The van der Waals surface area contributed by atoms with Gasteiger partial charge in [0, 0.05) is 12.6 Å². The van der Waals surface area contributed by atoms with E-state index in [0.29, 0.717) is 0 Å². The van der Waals surface area contributed by atoms with Crippen LogP contribution < -0.4 is 10.5 Å². The van der Waals surface area contributed by atoms with Gasteiger partial charge in [-0.25, -0.2) is 0 Å². The molecule has 0 aliphatic carbocycles. The summed E-state index contributed by atoms with van der Waals surface area (Å²) in [5.41, 5.74) is 6.88. The summed E-state index contributed by atoms with van der Waals surface area (Å²) >= 11 is 0. The second kappa shape index (κ2) is 4.44. The average molecular weight is 221 g/mol. The molecule has 0 spiro atoms. The lowest BCUT2D eigenvalue weighted by molar-refractivity contribution is -0.0767. The van der Waals surface area contributed by atoms with Crippen molar-refractivity contribution in [3.8, 4) is 5.75 Å². The molecule has 1 fully saturated rings. The second-order valence-corrected chi connectivity index (χ2v) is 4.56. The van der Waals surface area contributed by atoms with Gasteiger partial charge in [0.15, 0.2) is 0 Å². The molecule has 3 heteroatoms. The molecule has 1 aliphatic rings. The lowest BCUT2D eigenvalue weighted by Gasteiger charge is -2.37. The summed E-state index contributed by atoms with van der Waals surface area (Å²) in [7, 11) is 1.68. The molecule has 16 heavy (non-hydrogen) atoms. The second-order valence-electron chi connectivity index (χ2n) is 4.56. The highest BCUT2D eigenvalue weighted by molar-refractivity contribution is 5.32. The smallest absolute Gasteiger partial charge is 0.119 e. The largest absolute Gasteiger partial charge is 0.497 e. The molecule has 88 valence electrons. The Morgan fingerprint density at radius 1 is 1.50 bits per heavy atom. The minimum absolute atomic E-state index is 0.227. The quantitative estimate of drug-likeness (QED) is 0.831. The molecule has 0 radical (unpaired) electrons. The molecule has 0 bridgehead atoms. The Balaban J connectivity index is 2.27. The predicted octanol–water partition coefficient (Wildman–Crippen LogP) is 2.05. The van der Waals surface area contributed by atoms with E-state index < -0.39 is 0 Å². The maximum Gasteiger partial charge on any atom is 0.119 e. The van der Waals surface area contributed by atoms with Crippen LogP contribution in [0.25, 0.3) is 0 Å². The van der Waals surface area contributed by atoms with Crippen LogP contribution in [0.2, 0.25) is 0 Å². The predicted molar refractivity (Wildman–Crippen MR) is 63.5 cm³/mol. The zero-order valence-corrected chi connectivity index (χ0v) is 9.90. The van der Waals surface area contributed by atoms with E-state index in [4.69, 9.17) is 15.2 Å². The van der Waals surface area contributed by atoms with Gasteiger partial charge in [0.1, 0.15) is 5.75 Å². The van der Waals surface area contributed by atoms with Gasteiger partial charge in [0.05, 0.1) is 12.7 Å². The van der Waals surface area contributed by atoms with E-state index in [2.05, 4.69) is 13.0 Å². The highest BCUT2D eigenvalue weighted by Crippen LogP contribution is 2.35. The molecular formula is C13H19NO2. The molecule has 0 aromatic heterocycles. The molecule has 1 saturated heterocycles. The van der Waals surface area contributed by atoms with Gasteiger partial charge >= 0.3 is 0 Å². The SMILES string of the molecule is COc1cccc(C2(C)CC(N)CCO2)c1. The number of rotatable bonds is 2.